The second-order valence-corrected chi connectivity index (χ2v) is 4.60. The van der Waals surface area contributed by atoms with Crippen LogP contribution in [0.3, 0.4) is 0 Å². The van der Waals surface area contributed by atoms with Crippen molar-refractivity contribution >= 4 is 11.0 Å². The molecule has 3 nitrogen and oxygen atoms in total. The Morgan fingerprint density at radius 1 is 1.25 bits per heavy atom. The summed E-state index contributed by atoms with van der Waals surface area (Å²) in [6.07, 6.45) is 4.31. The highest BCUT2D eigenvalue weighted by Crippen LogP contribution is 2.21. The molecule has 3 heteroatoms. The number of rotatable bonds is 4. The highest BCUT2D eigenvalue weighted by molar-refractivity contribution is 5.84. The summed E-state index contributed by atoms with van der Waals surface area (Å²) in [5, 5.41) is 0.841. The quantitative estimate of drug-likeness (QED) is 0.483. The lowest BCUT2D eigenvalue weighted by Gasteiger charge is -2.02. The normalized spacial score (nSPS) is 10.1. The van der Waals surface area contributed by atoms with Gasteiger partial charge >= 0.3 is 5.63 Å². The molecule has 1 aromatic carbocycles. The maximum atomic E-state index is 11.6. The minimum Gasteiger partial charge on any atom is -0.497 e. The molecular weight excluding hydrogens is 252 g/mol. The smallest absolute Gasteiger partial charge is 0.337 e. The van der Waals surface area contributed by atoms with E-state index in [-0.39, 0.29) is 5.63 Å². The van der Waals surface area contributed by atoms with Crippen LogP contribution in [0.5, 0.6) is 5.75 Å². The zero-order valence-electron chi connectivity index (χ0n) is 11.9. The third-order valence-corrected chi connectivity index (χ3v) is 3.08. The van der Waals surface area contributed by atoms with Gasteiger partial charge in [0.1, 0.15) is 11.3 Å². The molecule has 0 aliphatic heterocycles. The highest BCUT2D eigenvalue weighted by atomic mass is 16.5. The first kappa shape index (κ1) is 14.2. The summed E-state index contributed by atoms with van der Waals surface area (Å²) in [4.78, 5) is 11.6. The number of fused-ring (bicyclic) bond motifs is 1. The van der Waals surface area contributed by atoms with E-state index in [1.807, 2.05) is 12.1 Å². The van der Waals surface area contributed by atoms with Crippen molar-refractivity contribution in [3.63, 3.8) is 0 Å². The molecule has 0 aliphatic carbocycles. The number of hydrogen-bond acceptors (Lipinski definition) is 3. The number of unbranched alkanes of at least 4 members (excludes halogenated alkanes) is 3. The third-order valence-electron chi connectivity index (χ3n) is 3.08. The summed E-state index contributed by atoms with van der Waals surface area (Å²) in [6.45, 7) is 2.16. The van der Waals surface area contributed by atoms with E-state index in [1.165, 1.54) is 18.9 Å². The summed E-state index contributed by atoms with van der Waals surface area (Å²) in [5.41, 5.74) is 0.841. The van der Waals surface area contributed by atoms with Crippen LogP contribution < -0.4 is 10.4 Å². The molecule has 0 radical (unpaired) electrons. The van der Waals surface area contributed by atoms with Gasteiger partial charge < -0.3 is 9.15 Å². The van der Waals surface area contributed by atoms with Gasteiger partial charge in [-0.2, -0.15) is 0 Å². The minimum atomic E-state index is -0.386. The van der Waals surface area contributed by atoms with E-state index in [4.69, 9.17) is 9.15 Å². The molecule has 0 N–H and O–H groups in total. The van der Waals surface area contributed by atoms with Crippen molar-refractivity contribution in [1.29, 1.82) is 0 Å². The standard InChI is InChI=1S/C17H18O3/c1-3-4-5-6-7-8-13-11-17(18)20-16-12-14(19-2)9-10-15(13)16/h9-12H,3-6H2,1-2H3. The summed E-state index contributed by atoms with van der Waals surface area (Å²) >= 11 is 0. The van der Waals surface area contributed by atoms with E-state index in [0.717, 1.165) is 23.8 Å². The topological polar surface area (TPSA) is 39.4 Å². The molecule has 0 bridgehead atoms. The van der Waals surface area contributed by atoms with Crippen LogP contribution >= 0.6 is 0 Å². The molecule has 0 spiro atoms. The molecule has 0 fully saturated rings. The molecule has 2 rings (SSSR count). The molecule has 20 heavy (non-hydrogen) atoms. The van der Waals surface area contributed by atoms with Gasteiger partial charge in [-0.25, -0.2) is 4.79 Å². The molecule has 104 valence electrons. The zero-order valence-corrected chi connectivity index (χ0v) is 11.9. The van der Waals surface area contributed by atoms with Crippen LogP contribution in [-0.4, -0.2) is 7.11 Å². The van der Waals surface area contributed by atoms with Crippen molar-refractivity contribution in [2.45, 2.75) is 32.6 Å². The average molecular weight is 270 g/mol. The monoisotopic (exact) mass is 270 g/mol. The van der Waals surface area contributed by atoms with E-state index < -0.39 is 0 Å². The Hall–Kier alpha value is -2.21. The van der Waals surface area contributed by atoms with Crippen molar-refractivity contribution in [2.75, 3.05) is 7.11 Å². The second-order valence-electron chi connectivity index (χ2n) is 4.60. The maximum absolute atomic E-state index is 11.6. The van der Waals surface area contributed by atoms with Crippen LogP contribution in [0, 0.1) is 11.8 Å². The van der Waals surface area contributed by atoms with E-state index in [9.17, 15) is 4.79 Å². The molecule has 0 amide bonds. The SMILES string of the molecule is CCCCCC#Cc1cc(=O)oc2cc(OC)ccc12. The summed E-state index contributed by atoms with van der Waals surface area (Å²) < 4.78 is 10.3. The molecule has 0 atom stereocenters. The van der Waals surface area contributed by atoms with Crippen molar-refractivity contribution in [3.05, 3.63) is 40.2 Å². The van der Waals surface area contributed by atoms with Crippen molar-refractivity contribution in [3.8, 4) is 17.6 Å². The van der Waals surface area contributed by atoms with Crippen LogP contribution in [0.25, 0.3) is 11.0 Å². The van der Waals surface area contributed by atoms with Gasteiger partial charge in [-0.3, -0.25) is 0 Å². The molecular formula is C17H18O3. The first-order valence-electron chi connectivity index (χ1n) is 6.85. The van der Waals surface area contributed by atoms with Crippen LogP contribution in [0.1, 0.15) is 38.2 Å². The minimum absolute atomic E-state index is 0.386. The predicted octanol–water partition coefficient (Wildman–Crippen LogP) is 3.73. The van der Waals surface area contributed by atoms with E-state index in [1.54, 1.807) is 13.2 Å². The number of benzene rings is 1. The Kier molecular flexibility index (Phi) is 4.84. The summed E-state index contributed by atoms with van der Waals surface area (Å²) in [6, 6.07) is 6.86. The van der Waals surface area contributed by atoms with Gasteiger partial charge in [0.2, 0.25) is 0 Å². The van der Waals surface area contributed by atoms with Crippen molar-refractivity contribution in [1.82, 2.24) is 0 Å². The van der Waals surface area contributed by atoms with E-state index >= 15 is 0 Å². The Balaban J connectivity index is 2.35. The maximum Gasteiger partial charge on any atom is 0.337 e. The van der Waals surface area contributed by atoms with Crippen LogP contribution in [-0.2, 0) is 0 Å². The van der Waals surface area contributed by atoms with E-state index in [2.05, 4.69) is 18.8 Å². The predicted molar refractivity (Wildman–Crippen MR) is 80.1 cm³/mol. The largest absolute Gasteiger partial charge is 0.497 e. The Labute approximate surface area is 118 Å². The van der Waals surface area contributed by atoms with Crippen LogP contribution in [0.15, 0.2) is 33.5 Å². The van der Waals surface area contributed by atoms with Gasteiger partial charge in [-0.05, 0) is 18.6 Å². The number of ether oxygens (including phenoxy) is 1. The van der Waals surface area contributed by atoms with Gasteiger partial charge in [-0.1, -0.05) is 31.6 Å². The lowest BCUT2D eigenvalue weighted by molar-refractivity contribution is 0.414. The van der Waals surface area contributed by atoms with Gasteiger partial charge in [0.15, 0.2) is 0 Å². The zero-order chi connectivity index (χ0) is 14.4. The average Bonchev–Trinajstić information content (AvgIpc) is 2.46. The van der Waals surface area contributed by atoms with E-state index in [0.29, 0.717) is 11.3 Å². The molecule has 0 unspecified atom stereocenters. The first-order valence-corrected chi connectivity index (χ1v) is 6.85. The first-order chi connectivity index (χ1) is 9.74. The Morgan fingerprint density at radius 3 is 2.85 bits per heavy atom. The van der Waals surface area contributed by atoms with Gasteiger partial charge in [0.05, 0.1) is 7.11 Å². The molecule has 1 aromatic heterocycles. The van der Waals surface area contributed by atoms with Gasteiger partial charge in [0.25, 0.3) is 0 Å². The van der Waals surface area contributed by atoms with Crippen molar-refractivity contribution in [2.24, 2.45) is 0 Å². The molecule has 0 saturated heterocycles. The highest BCUT2D eigenvalue weighted by Gasteiger charge is 2.04. The second kappa shape index (κ2) is 6.81. The van der Waals surface area contributed by atoms with Crippen LogP contribution in [0.4, 0.5) is 0 Å². The Morgan fingerprint density at radius 2 is 2.10 bits per heavy atom. The molecule has 1 heterocycles. The molecule has 0 saturated carbocycles. The fraction of sp³-hybridized carbons (Fsp3) is 0.353. The summed E-state index contributed by atoms with van der Waals surface area (Å²) in [5.74, 6) is 6.86. The third kappa shape index (κ3) is 3.42. The lowest BCUT2D eigenvalue weighted by Crippen LogP contribution is -1.98. The van der Waals surface area contributed by atoms with Gasteiger partial charge in [-0.15, -0.1) is 0 Å². The number of methoxy groups -OCH3 is 1. The number of hydrogen-bond donors (Lipinski definition) is 0. The lowest BCUT2D eigenvalue weighted by atomic mass is 10.1. The summed E-state index contributed by atoms with van der Waals surface area (Å²) in [7, 11) is 1.58. The molecule has 0 aliphatic rings. The van der Waals surface area contributed by atoms with Crippen LogP contribution in [0.2, 0.25) is 0 Å². The van der Waals surface area contributed by atoms with Gasteiger partial charge in [0, 0.05) is 29.5 Å². The molecule has 2 aromatic rings. The van der Waals surface area contributed by atoms with Crippen molar-refractivity contribution < 1.29 is 9.15 Å². The fourth-order valence-corrected chi connectivity index (χ4v) is 1.99. The fourth-order valence-electron chi connectivity index (χ4n) is 1.99. The Bertz CT molecular complexity index is 701.